The maximum atomic E-state index is 6.25. The normalized spacial score (nSPS) is 28.8. The molecule has 0 radical (unpaired) electrons. The van der Waals surface area contributed by atoms with Gasteiger partial charge in [0.15, 0.2) is 11.5 Å². The summed E-state index contributed by atoms with van der Waals surface area (Å²) in [7, 11) is 0. The number of hydrogen-bond acceptors (Lipinski definition) is 3. The third-order valence-corrected chi connectivity index (χ3v) is 4.61. The predicted octanol–water partition coefficient (Wildman–Crippen LogP) is 3.63. The zero-order valence-corrected chi connectivity index (χ0v) is 13.1. The van der Waals surface area contributed by atoms with Crippen LogP contribution in [0.25, 0.3) is 0 Å². The Kier molecular flexibility index (Phi) is 4.92. The van der Waals surface area contributed by atoms with Gasteiger partial charge in [0.2, 0.25) is 0 Å². The molecule has 0 spiro atoms. The van der Waals surface area contributed by atoms with Crippen LogP contribution in [-0.2, 0) is 0 Å². The molecule has 0 aliphatic heterocycles. The van der Waals surface area contributed by atoms with Crippen LogP contribution in [0.3, 0.4) is 0 Å². The van der Waals surface area contributed by atoms with Crippen LogP contribution in [0.5, 0.6) is 11.5 Å². The number of rotatable bonds is 7. The second-order valence-corrected chi connectivity index (χ2v) is 5.69. The lowest BCUT2D eigenvalue weighted by atomic mass is 9.61. The first-order valence-electron chi connectivity index (χ1n) is 7.77. The molecule has 0 bridgehead atoms. The number of benzene rings is 1. The minimum Gasteiger partial charge on any atom is -0.490 e. The van der Waals surface area contributed by atoms with Gasteiger partial charge >= 0.3 is 0 Å². The van der Waals surface area contributed by atoms with E-state index < -0.39 is 0 Å². The third kappa shape index (κ3) is 2.78. The van der Waals surface area contributed by atoms with E-state index in [4.69, 9.17) is 9.47 Å². The van der Waals surface area contributed by atoms with Crippen LogP contribution in [0.4, 0.5) is 0 Å². The summed E-state index contributed by atoms with van der Waals surface area (Å²) in [6, 6.07) is 8.52. The van der Waals surface area contributed by atoms with Crippen LogP contribution in [-0.4, -0.2) is 25.3 Å². The monoisotopic (exact) mass is 277 g/mol. The predicted molar refractivity (Wildman–Crippen MR) is 82.5 cm³/mol. The summed E-state index contributed by atoms with van der Waals surface area (Å²) >= 11 is 0. The van der Waals surface area contributed by atoms with Gasteiger partial charge in [-0.1, -0.05) is 32.9 Å². The van der Waals surface area contributed by atoms with Crippen molar-refractivity contribution in [1.29, 1.82) is 0 Å². The molecule has 1 N–H and O–H groups in total. The van der Waals surface area contributed by atoms with Gasteiger partial charge in [0.1, 0.15) is 6.10 Å². The van der Waals surface area contributed by atoms with Gasteiger partial charge in [0, 0.05) is 17.9 Å². The van der Waals surface area contributed by atoms with Gasteiger partial charge < -0.3 is 14.8 Å². The van der Waals surface area contributed by atoms with Crippen LogP contribution in [0, 0.1) is 5.41 Å². The smallest absolute Gasteiger partial charge is 0.161 e. The lowest BCUT2D eigenvalue weighted by molar-refractivity contribution is -0.0706. The average Bonchev–Trinajstić information content (AvgIpc) is 2.47. The molecule has 1 fully saturated rings. The van der Waals surface area contributed by atoms with E-state index in [0.29, 0.717) is 12.6 Å². The highest BCUT2D eigenvalue weighted by molar-refractivity contribution is 5.40. The van der Waals surface area contributed by atoms with Crippen molar-refractivity contribution >= 4 is 0 Å². The van der Waals surface area contributed by atoms with E-state index in [0.717, 1.165) is 30.9 Å². The van der Waals surface area contributed by atoms with E-state index in [1.165, 1.54) is 0 Å². The van der Waals surface area contributed by atoms with Crippen LogP contribution >= 0.6 is 0 Å². The molecule has 3 atom stereocenters. The number of nitrogens with one attached hydrogen (secondary N) is 1. The lowest BCUT2D eigenvalue weighted by Gasteiger charge is -2.53. The molecule has 0 aromatic heterocycles. The van der Waals surface area contributed by atoms with Crippen molar-refractivity contribution in [2.45, 2.75) is 52.7 Å². The molecule has 1 aromatic rings. The van der Waals surface area contributed by atoms with Gasteiger partial charge in [-0.25, -0.2) is 0 Å². The van der Waals surface area contributed by atoms with Crippen molar-refractivity contribution in [3.8, 4) is 11.5 Å². The minimum absolute atomic E-state index is 0.204. The molecule has 3 nitrogen and oxygen atoms in total. The van der Waals surface area contributed by atoms with Crippen molar-refractivity contribution < 1.29 is 9.47 Å². The molecule has 1 aromatic carbocycles. The average molecular weight is 277 g/mol. The molecule has 2 rings (SSSR count). The van der Waals surface area contributed by atoms with Crippen LogP contribution < -0.4 is 14.8 Å². The van der Waals surface area contributed by atoms with Crippen molar-refractivity contribution in [1.82, 2.24) is 5.32 Å². The van der Waals surface area contributed by atoms with Gasteiger partial charge in [-0.15, -0.1) is 0 Å². The summed E-state index contributed by atoms with van der Waals surface area (Å²) in [5, 5.41) is 3.57. The Labute approximate surface area is 122 Å². The van der Waals surface area contributed by atoms with E-state index in [-0.39, 0.29) is 11.5 Å². The second kappa shape index (κ2) is 6.49. The number of ether oxygens (including phenoxy) is 2. The standard InChI is InChI=1S/C17H27NO2/c1-5-17(4)15(18-6-2)12-16(17)20-14-11-9-8-10-13(14)19-7-3/h8-11,15-16,18H,5-7,12H2,1-4H3. The lowest BCUT2D eigenvalue weighted by Crippen LogP contribution is -2.63. The number of hydrogen-bond donors (Lipinski definition) is 1. The Morgan fingerprint density at radius 3 is 2.50 bits per heavy atom. The highest BCUT2D eigenvalue weighted by Gasteiger charge is 2.51. The van der Waals surface area contributed by atoms with E-state index in [9.17, 15) is 0 Å². The van der Waals surface area contributed by atoms with Crippen LogP contribution in [0.1, 0.15) is 40.5 Å². The first-order valence-corrected chi connectivity index (χ1v) is 7.77. The molecule has 1 saturated carbocycles. The fraction of sp³-hybridized carbons (Fsp3) is 0.647. The zero-order valence-electron chi connectivity index (χ0n) is 13.1. The van der Waals surface area contributed by atoms with Crippen molar-refractivity contribution in [2.24, 2.45) is 5.41 Å². The Morgan fingerprint density at radius 2 is 1.90 bits per heavy atom. The SMILES string of the molecule is CCNC1CC(Oc2ccccc2OCC)C1(C)CC. The molecule has 1 aliphatic rings. The molecule has 0 heterocycles. The molecule has 3 heteroatoms. The fourth-order valence-corrected chi connectivity index (χ4v) is 3.01. The van der Waals surface area contributed by atoms with E-state index in [1.807, 2.05) is 31.2 Å². The summed E-state index contributed by atoms with van der Waals surface area (Å²) in [6.07, 6.45) is 2.45. The van der Waals surface area contributed by atoms with Crippen LogP contribution in [0.15, 0.2) is 24.3 Å². The minimum atomic E-state index is 0.204. The highest BCUT2D eigenvalue weighted by atomic mass is 16.5. The number of para-hydroxylation sites is 2. The quantitative estimate of drug-likeness (QED) is 0.825. The first-order chi connectivity index (χ1) is 9.65. The summed E-state index contributed by atoms with van der Waals surface area (Å²) in [5.41, 5.74) is 0.204. The van der Waals surface area contributed by atoms with Gasteiger partial charge in [0.25, 0.3) is 0 Å². The maximum absolute atomic E-state index is 6.25. The Hall–Kier alpha value is -1.22. The largest absolute Gasteiger partial charge is 0.490 e. The fourth-order valence-electron chi connectivity index (χ4n) is 3.01. The Bertz CT molecular complexity index is 435. The first kappa shape index (κ1) is 15.2. The molecular formula is C17H27NO2. The van der Waals surface area contributed by atoms with E-state index in [1.54, 1.807) is 0 Å². The van der Waals surface area contributed by atoms with Crippen molar-refractivity contribution in [2.75, 3.05) is 13.2 Å². The maximum Gasteiger partial charge on any atom is 0.161 e. The third-order valence-electron chi connectivity index (χ3n) is 4.61. The molecule has 0 amide bonds. The zero-order chi connectivity index (χ0) is 14.6. The highest BCUT2D eigenvalue weighted by Crippen LogP contribution is 2.47. The van der Waals surface area contributed by atoms with Crippen molar-refractivity contribution in [3.05, 3.63) is 24.3 Å². The van der Waals surface area contributed by atoms with Gasteiger partial charge in [-0.05, 0) is 32.0 Å². The molecule has 112 valence electrons. The molecule has 3 unspecified atom stereocenters. The van der Waals surface area contributed by atoms with E-state index >= 15 is 0 Å². The summed E-state index contributed by atoms with van der Waals surface area (Å²) in [5.74, 6) is 1.72. The second-order valence-electron chi connectivity index (χ2n) is 5.69. The summed E-state index contributed by atoms with van der Waals surface area (Å²) in [4.78, 5) is 0. The Morgan fingerprint density at radius 1 is 1.20 bits per heavy atom. The van der Waals surface area contributed by atoms with Crippen LogP contribution in [0.2, 0.25) is 0 Å². The molecule has 0 saturated heterocycles. The van der Waals surface area contributed by atoms with Gasteiger partial charge in [-0.3, -0.25) is 0 Å². The van der Waals surface area contributed by atoms with E-state index in [2.05, 4.69) is 26.1 Å². The summed E-state index contributed by atoms with van der Waals surface area (Å²) in [6.45, 7) is 10.4. The van der Waals surface area contributed by atoms with Gasteiger partial charge in [-0.2, -0.15) is 0 Å². The molecule has 1 aliphatic carbocycles. The molecule has 20 heavy (non-hydrogen) atoms. The molecular weight excluding hydrogens is 250 g/mol. The van der Waals surface area contributed by atoms with Gasteiger partial charge in [0.05, 0.1) is 6.61 Å². The van der Waals surface area contributed by atoms with Crippen molar-refractivity contribution in [3.63, 3.8) is 0 Å². The Balaban J connectivity index is 2.07. The topological polar surface area (TPSA) is 30.5 Å². The summed E-state index contributed by atoms with van der Waals surface area (Å²) < 4.78 is 11.9.